The van der Waals surface area contributed by atoms with Gasteiger partial charge < -0.3 is 0 Å². The van der Waals surface area contributed by atoms with Crippen LogP contribution in [0.15, 0.2) is 23.2 Å². The van der Waals surface area contributed by atoms with Crippen LogP contribution in [0.25, 0.3) is 0 Å². The SMILES string of the molecule is CN1C(=O)CSc2cccnc21. The van der Waals surface area contributed by atoms with Gasteiger partial charge in [-0.2, -0.15) is 0 Å². The molecule has 2 heterocycles. The first-order valence-corrected chi connectivity index (χ1v) is 4.62. The lowest BCUT2D eigenvalue weighted by Crippen LogP contribution is -2.31. The summed E-state index contributed by atoms with van der Waals surface area (Å²) < 4.78 is 0. The van der Waals surface area contributed by atoms with Gasteiger partial charge in [-0.1, -0.05) is 0 Å². The van der Waals surface area contributed by atoms with Crippen LogP contribution in [-0.2, 0) is 4.79 Å². The van der Waals surface area contributed by atoms with Crippen LogP contribution < -0.4 is 4.90 Å². The normalized spacial score (nSPS) is 16.1. The third kappa shape index (κ3) is 1.08. The predicted octanol–water partition coefficient (Wildman–Crippen LogP) is 1.15. The van der Waals surface area contributed by atoms with Gasteiger partial charge in [-0.15, -0.1) is 11.8 Å². The van der Waals surface area contributed by atoms with Gasteiger partial charge in [-0.3, -0.25) is 9.69 Å². The number of fused-ring (bicyclic) bond motifs is 1. The van der Waals surface area contributed by atoms with Gasteiger partial charge in [-0.25, -0.2) is 4.98 Å². The van der Waals surface area contributed by atoms with Crippen molar-refractivity contribution in [3.8, 4) is 0 Å². The molecule has 1 amide bonds. The molecule has 0 aliphatic carbocycles. The monoisotopic (exact) mass is 180 g/mol. The molecule has 4 heteroatoms. The Balaban J connectivity index is 2.48. The number of rotatable bonds is 0. The van der Waals surface area contributed by atoms with Gasteiger partial charge in [0.15, 0.2) is 0 Å². The molecule has 2 rings (SSSR count). The van der Waals surface area contributed by atoms with Gasteiger partial charge >= 0.3 is 0 Å². The molecule has 0 atom stereocenters. The number of anilines is 1. The van der Waals surface area contributed by atoms with Crippen molar-refractivity contribution >= 4 is 23.5 Å². The van der Waals surface area contributed by atoms with Crippen molar-refractivity contribution in [2.45, 2.75) is 4.90 Å². The fourth-order valence-corrected chi connectivity index (χ4v) is 2.07. The molecule has 0 fully saturated rings. The minimum absolute atomic E-state index is 0.117. The average molecular weight is 180 g/mol. The van der Waals surface area contributed by atoms with Crippen molar-refractivity contribution in [2.75, 3.05) is 17.7 Å². The fraction of sp³-hybridized carbons (Fsp3) is 0.250. The highest BCUT2D eigenvalue weighted by molar-refractivity contribution is 8.00. The topological polar surface area (TPSA) is 33.2 Å². The molecular weight excluding hydrogens is 172 g/mol. The number of thioether (sulfide) groups is 1. The molecule has 62 valence electrons. The van der Waals surface area contributed by atoms with E-state index in [9.17, 15) is 4.79 Å². The summed E-state index contributed by atoms with van der Waals surface area (Å²) in [6, 6.07) is 3.87. The third-order valence-corrected chi connectivity index (χ3v) is 2.81. The second-order valence-electron chi connectivity index (χ2n) is 2.57. The Kier molecular flexibility index (Phi) is 1.77. The second-order valence-corrected chi connectivity index (χ2v) is 3.58. The van der Waals surface area contributed by atoms with E-state index in [1.807, 2.05) is 12.1 Å². The van der Waals surface area contributed by atoms with Crippen LogP contribution in [0, 0.1) is 0 Å². The van der Waals surface area contributed by atoms with E-state index in [4.69, 9.17) is 0 Å². The Hall–Kier alpha value is -1.03. The number of amides is 1. The zero-order valence-electron chi connectivity index (χ0n) is 6.65. The lowest BCUT2D eigenvalue weighted by molar-refractivity contribution is -0.116. The number of hydrogen-bond donors (Lipinski definition) is 0. The van der Waals surface area contributed by atoms with Gasteiger partial charge in [0.05, 0.1) is 10.6 Å². The van der Waals surface area contributed by atoms with Crippen molar-refractivity contribution in [3.05, 3.63) is 18.3 Å². The Morgan fingerprint density at radius 2 is 2.50 bits per heavy atom. The third-order valence-electron chi connectivity index (χ3n) is 1.79. The van der Waals surface area contributed by atoms with Crippen molar-refractivity contribution in [1.82, 2.24) is 4.98 Å². The Bertz CT molecular complexity index is 327. The molecule has 1 aliphatic heterocycles. The molecule has 0 saturated carbocycles. The summed E-state index contributed by atoms with van der Waals surface area (Å²) in [5, 5.41) is 0. The molecule has 0 radical (unpaired) electrons. The van der Waals surface area contributed by atoms with Gasteiger partial charge in [0, 0.05) is 13.2 Å². The highest BCUT2D eigenvalue weighted by Gasteiger charge is 2.21. The lowest BCUT2D eigenvalue weighted by atomic mass is 10.4. The van der Waals surface area contributed by atoms with E-state index in [1.54, 1.807) is 29.9 Å². The Morgan fingerprint density at radius 3 is 3.33 bits per heavy atom. The van der Waals surface area contributed by atoms with E-state index in [2.05, 4.69) is 4.98 Å². The standard InChI is InChI=1S/C8H8N2OS/c1-10-7(11)5-12-6-3-2-4-9-8(6)10/h2-4H,5H2,1H3. The summed E-state index contributed by atoms with van der Waals surface area (Å²) in [6.45, 7) is 0. The first-order chi connectivity index (χ1) is 5.79. The number of hydrogen-bond acceptors (Lipinski definition) is 3. The molecule has 1 aromatic heterocycles. The van der Waals surface area contributed by atoms with Crippen LogP contribution in [0.5, 0.6) is 0 Å². The smallest absolute Gasteiger partial charge is 0.238 e. The number of carbonyl (C=O) groups excluding carboxylic acids is 1. The zero-order valence-corrected chi connectivity index (χ0v) is 7.47. The van der Waals surface area contributed by atoms with E-state index in [0.717, 1.165) is 10.7 Å². The average Bonchev–Trinajstić information content (AvgIpc) is 2.12. The number of nitrogens with zero attached hydrogens (tertiary/aromatic N) is 2. The van der Waals surface area contributed by atoms with Crippen molar-refractivity contribution in [2.24, 2.45) is 0 Å². The molecule has 12 heavy (non-hydrogen) atoms. The van der Waals surface area contributed by atoms with Crippen LogP contribution in [0.4, 0.5) is 5.82 Å². The maximum atomic E-state index is 11.2. The zero-order chi connectivity index (χ0) is 8.55. The van der Waals surface area contributed by atoms with Crippen LogP contribution >= 0.6 is 11.8 Å². The van der Waals surface area contributed by atoms with E-state index in [-0.39, 0.29) is 5.91 Å². The predicted molar refractivity (Wildman–Crippen MR) is 48.4 cm³/mol. The summed E-state index contributed by atoms with van der Waals surface area (Å²) in [6.07, 6.45) is 1.70. The molecular formula is C8H8N2OS. The first kappa shape index (κ1) is 7.61. The second kappa shape index (κ2) is 2.79. The lowest BCUT2D eigenvalue weighted by Gasteiger charge is -2.23. The maximum absolute atomic E-state index is 11.2. The molecule has 0 saturated heterocycles. The van der Waals surface area contributed by atoms with Gasteiger partial charge in [-0.05, 0) is 12.1 Å². The van der Waals surface area contributed by atoms with Gasteiger partial charge in [0.25, 0.3) is 0 Å². The molecule has 3 nitrogen and oxygen atoms in total. The number of aromatic nitrogens is 1. The van der Waals surface area contributed by atoms with Crippen LogP contribution in [-0.4, -0.2) is 23.7 Å². The summed E-state index contributed by atoms with van der Waals surface area (Å²) in [5.74, 6) is 1.42. The van der Waals surface area contributed by atoms with Gasteiger partial charge in [0.1, 0.15) is 5.82 Å². The van der Waals surface area contributed by atoms with E-state index in [0.29, 0.717) is 5.75 Å². The quantitative estimate of drug-likeness (QED) is 0.600. The Labute approximate surface area is 74.8 Å². The fourth-order valence-electron chi connectivity index (χ4n) is 1.10. The highest BCUT2D eigenvalue weighted by Crippen LogP contribution is 2.31. The maximum Gasteiger partial charge on any atom is 0.238 e. The van der Waals surface area contributed by atoms with Crippen LogP contribution in [0.3, 0.4) is 0 Å². The van der Waals surface area contributed by atoms with Crippen molar-refractivity contribution in [1.29, 1.82) is 0 Å². The van der Waals surface area contributed by atoms with Crippen molar-refractivity contribution in [3.63, 3.8) is 0 Å². The molecule has 0 N–H and O–H groups in total. The molecule has 0 aromatic carbocycles. The molecule has 0 unspecified atom stereocenters. The van der Waals surface area contributed by atoms with Crippen LogP contribution in [0.1, 0.15) is 0 Å². The van der Waals surface area contributed by atoms with E-state index >= 15 is 0 Å². The molecule has 1 aromatic rings. The largest absolute Gasteiger partial charge is 0.298 e. The first-order valence-electron chi connectivity index (χ1n) is 3.63. The summed E-state index contributed by atoms with van der Waals surface area (Å²) in [4.78, 5) is 18.0. The minimum atomic E-state index is 0.117. The van der Waals surface area contributed by atoms with Crippen LogP contribution in [0.2, 0.25) is 0 Å². The molecule has 0 bridgehead atoms. The Morgan fingerprint density at radius 1 is 1.67 bits per heavy atom. The number of pyridine rings is 1. The molecule has 0 spiro atoms. The highest BCUT2D eigenvalue weighted by atomic mass is 32.2. The number of carbonyl (C=O) groups is 1. The summed E-state index contributed by atoms with van der Waals surface area (Å²) >= 11 is 1.55. The van der Waals surface area contributed by atoms with Crippen molar-refractivity contribution < 1.29 is 4.79 Å². The minimum Gasteiger partial charge on any atom is -0.298 e. The summed E-state index contributed by atoms with van der Waals surface area (Å²) in [7, 11) is 1.76. The van der Waals surface area contributed by atoms with E-state index < -0.39 is 0 Å². The summed E-state index contributed by atoms with van der Waals surface area (Å²) in [5.41, 5.74) is 0. The van der Waals surface area contributed by atoms with Gasteiger partial charge in [0.2, 0.25) is 5.91 Å². The molecule has 1 aliphatic rings. The van der Waals surface area contributed by atoms with E-state index in [1.165, 1.54) is 0 Å².